The molecule has 0 aliphatic heterocycles. The van der Waals surface area contributed by atoms with E-state index in [-0.39, 0.29) is 11.0 Å². The van der Waals surface area contributed by atoms with E-state index in [1.54, 1.807) is 30.3 Å². The zero-order valence-corrected chi connectivity index (χ0v) is 16.0. The van der Waals surface area contributed by atoms with Crippen molar-refractivity contribution in [3.05, 3.63) is 63.6 Å². The van der Waals surface area contributed by atoms with Gasteiger partial charge in [0.1, 0.15) is 5.75 Å². The van der Waals surface area contributed by atoms with E-state index in [0.29, 0.717) is 16.9 Å². The molecule has 0 bridgehead atoms. The maximum absolute atomic E-state index is 12.3. The molecule has 2 aromatic rings. The largest absolute Gasteiger partial charge is 0.496 e. The van der Waals surface area contributed by atoms with Crippen molar-refractivity contribution in [1.29, 1.82) is 0 Å². The first-order valence-corrected chi connectivity index (χ1v) is 8.43. The van der Waals surface area contributed by atoms with E-state index in [9.17, 15) is 9.59 Å². The quantitative estimate of drug-likeness (QED) is 0.524. The average Bonchev–Trinajstić information content (AvgIpc) is 2.60. The summed E-state index contributed by atoms with van der Waals surface area (Å²) in [6.45, 7) is 1.83. The summed E-state index contributed by atoms with van der Waals surface area (Å²) in [4.78, 5) is 24.4. The summed E-state index contributed by atoms with van der Waals surface area (Å²) in [5.74, 6) is -0.400. The van der Waals surface area contributed by atoms with Gasteiger partial charge in [-0.25, -0.2) is 0 Å². The standard InChI is InChI=1S/C17H16BrN3O3S/c1-10-5-3-4-6-12(10)16(23)20-21-17(25)19-15(22)13-9-11(18)7-8-14(13)24-2/h3-9H,1-2H3,(H,20,23)(H2,19,21,22,25). The van der Waals surface area contributed by atoms with Gasteiger partial charge in [0, 0.05) is 10.0 Å². The minimum Gasteiger partial charge on any atom is -0.496 e. The van der Waals surface area contributed by atoms with Gasteiger partial charge in [-0.1, -0.05) is 34.1 Å². The fourth-order valence-electron chi connectivity index (χ4n) is 2.07. The van der Waals surface area contributed by atoms with Crippen LogP contribution in [0, 0.1) is 6.92 Å². The van der Waals surface area contributed by atoms with Gasteiger partial charge in [0.15, 0.2) is 5.11 Å². The Morgan fingerprint density at radius 1 is 1.04 bits per heavy atom. The number of halogens is 1. The minimum atomic E-state index is -0.458. The Morgan fingerprint density at radius 3 is 2.44 bits per heavy atom. The third-order valence-electron chi connectivity index (χ3n) is 3.31. The number of rotatable bonds is 3. The molecular formula is C17H16BrN3O3S. The summed E-state index contributed by atoms with van der Waals surface area (Å²) < 4.78 is 5.88. The molecule has 2 rings (SSSR count). The lowest BCUT2D eigenvalue weighted by Gasteiger charge is -2.13. The van der Waals surface area contributed by atoms with E-state index < -0.39 is 5.91 Å². The molecule has 6 nitrogen and oxygen atoms in total. The molecule has 25 heavy (non-hydrogen) atoms. The van der Waals surface area contributed by atoms with Crippen LogP contribution in [0.1, 0.15) is 26.3 Å². The van der Waals surface area contributed by atoms with Crippen molar-refractivity contribution in [2.24, 2.45) is 0 Å². The zero-order chi connectivity index (χ0) is 18.4. The number of amides is 2. The number of nitrogens with one attached hydrogen (secondary N) is 3. The van der Waals surface area contributed by atoms with Crippen LogP contribution in [0.4, 0.5) is 0 Å². The van der Waals surface area contributed by atoms with E-state index >= 15 is 0 Å². The zero-order valence-electron chi connectivity index (χ0n) is 13.6. The van der Waals surface area contributed by atoms with Crippen molar-refractivity contribution in [2.45, 2.75) is 6.92 Å². The Bertz CT molecular complexity index is 827. The Labute approximate surface area is 159 Å². The van der Waals surface area contributed by atoms with Crippen LogP contribution in [0.3, 0.4) is 0 Å². The van der Waals surface area contributed by atoms with E-state index in [2.05, 4.69) is 32.1 Å². The van der Waals surface area contributed by atoms with Gasteiger partial charge in [0.25, 0.3) is 11.8 Å². The molecule has 3 N–H and O–H groups in total. The smallest absolute Gasteiger partial charge is 0.269 e. The van der Waals surface area contributed by atoms with E-state index in [1.807, 2.05) is 19.1 Å². The van der Waals surface area contributed by atoms with Crippen LogP contribution in [-0.2, 0) is 0 Å². The predicted octanol–water partition coefficient (Wildman–Crippen LogP) is 2.72. The number of aryl methyl sites for hydroxylation is 1. The summed E-state index contributed by atoms with van der Waals surface area (Å²) in [6, 6.07) is 12.2. The first kappa shape index (κ1) is 18.9. The lowest BCUT2D eigenvalue weighted by molar-refractivity contribution is 0.0933. The number of thiocarbonyl (C=S) groups is 1. The first-order chi connectivity index (χ1) is 11.9. The molecule has 0 radical (unpaired) electrons. The molecule has 0 fully saturated rings. The van der Waals surface area contributed by atoms with Gasteiger partial charge in [-0.05, 0) is 49.0 Å². The Balaban J connectivity index is 1.96. The molecule has 0 aromatic heterocycles. The summed E-state index contributed by atoms with van der Waals surface area (Å²) >= 11 is 8.33. The molecule has 0 aliphatic carbocycles. The average molecular weight is 422 g/mol. The van der Waals surface area contributed by atoms with E-state index in [4.69, 9.17) is 17.0 Å². The topological polar surface area (TPSA) is 79.5 Å². The highest BCUT2D eigenvalue weighted by molar-refractivity contribution is 9.10. The maximum atomic E-state index is 12.3. The molecule has 0 atom stereocenters. The van der Waals surface area contributed by atoms with Crippen molar-refractivity contribution in [3.8, 4) is 5.75 Å². The molecule has 0 spiro atoms. The molecule has 2 aromatic carbocycles. The number of hydrogen-bond donors (Lipinski definition) is 3. The van der Waals surface area contributed by atoms with Crippen molar-refractivity contribution < 1.29 is 14.3 Å². The summed E-state index contributed by atoms with van der Waals surface area (Å²) in [6.07, 6.45) is 0. The Hall–Kier alpha value is -2.45. The lowest BCUT2D eigenvalue weighted by Crippen LogP contribution is -2.48. The van der Waals surface area contributed by atoms with Gasteiger partial charge >= 0.3 is 0 Å². The number of carbonyl (C=O) groups excluding carboxylic acids is 2. The lowest BCUT2D eigenvalue weighted by atomic mass is 10.1. The molecule has 8 heteroatoms. The number of methoxy groups -OCH3 is 1. The van der Waals surface area contributed by atoms with Crippen LogP contribution in [0.25, 0.3) is 0 Å². The van der Waals surface area contributed by atoms with Gasteiger partial charge in [-0.2, -0.15) is 0 Å². The predicted molar refractivity (Wildman–Crippen MR) is 103 cm³/mol. The van der Waals surface area contributed by atoms with Crippen LogP contribution in [0.5, 0.6) is 5.75 Å². The van der Waals surface area contributed by atoms with Crippen LogP contribution < -0.4 is 20.9 Å². The highest BCUT2D eigenvalue weighted by Crippen LogP contribution is 2.22. The van der Waals surface area contributed by atoms with Crippen LogP contribution in [-0.4, -0.2) is 24.0 Å². The van der Waals surface area contributed by atoms with Crippen molar-refractivity contribution in [2.75, 3.05) is 7.11 Å². The van der Waals surface area contributed by atoms with Crippen molar-refractivity contribution >= 4 is 45.1 Å². The van der Waals surface area contributed by atoms with Crippen LogP contribution in [0.2, 0.25) is 0 Å². The first-order valence-electron chi connectivity index (χ1n) is 7.23. The Morgan fingerprint density at radius 2 is 1.76 bits per heavy atom. The SMILES string of the molecule is COc1ccc(Br)cc1C(=O)NC(=S)NNC(=O)c1ccccc1C. The summed E-state index contributed by atoms with van der Waals surface area (Å²) in [5, 5.41) is 2.45. The van der Waals surface area contributed by atoms with Crippen LogP contribution in [0.15, 0.2) is 46.9 Å². The third kappa shape index (κ3) is 5.01. The summed E-state index contributed by atoms with van der Waals surface area (Å²) in [7, 11) is 1.47. The van der Waals surface area contributed by atoms with Gasteiger partial charge in [0.05, 0.1) is 12.7 Å². The van der Waals surface area contributed by atoms with Crippen LogP contribution >= 0.6 is 28.1 Å². The third-order valence-corrected chi connectivity index (χ3v) is 4.01. The minimum absolute atomic E-state index is 0.0334. The number of hydrogen-bond acceptors (Lipinski definition) is 4. The van der Waals surface area contributed by atoms with Crippen molar-refractivity contribution in [1.82, 2.24) is 16.2 Å². The molecule has 0 saturated heterocycles. The van der Waals surface area contributed by atoms with Crippen molar-refractivity contribution in [3.63, 3.8) is 0 Å². The maximum Gasteiger partial charge on any atom is 0.269 e. The molecule has 0 saturated carbocycles. The normalized spacial score (nSPS) is 9.88. The van der Waals surface area contributed by atoms with Gasteiger partial charge in [0.2, 0.25) is 0 Å². The number of benzene rings is 2. The van der Waals surface area contributed by atoms with Gasteiger partial charge < -0.3 is 4.74 Å². The number of carbonyl (C=O) groups is 2. The highest BCUT2D eigenvalue weighted by Gasteiger charge is 2.15. The van der Waals surface area contributed by atoms with Gasteiger partial charge in [-0.15, -0.1) is 0 Å². The highest BCUT2D eigenvalue weighted by atomic mass is 79.9. The fourth-order valence-corrected chi connectivity index (χ4v) is 2.57. The second-order valence-electron chi connectivity index (χ2n) is 5.02. The second-order valence-corrected chi connectivity index (χ2v) is 6.35. The second kappa shape index (κ2) is 8.59. The number of ether oxygens (including phenoxy) is 1. The fraction of sp³-hybridized carbons (Fsp3) is 0.118. The van der Waals surface area contributed by atoms with E-state index in [1.165, 1.54) is 7.11 Å². The molecule has 0 heterocycles. The molecule has 0 aliphatic rings. The molecule has 130 valence electrons. The summed E-state index contributed by atoms with van der Waals surface area (Å²) in [5.41, 5.74) is 6.61. The Kier molecular flexibility index (Phi) is 6.49. The molecule has 0 unspecified atom stereocenters. The monoisotopic (exact) mass is 421 g/mol. The molecular weight excluding hydrogens is 406 g/mol. The number of hydrazine groups is 1. The molecule has 2 amide bonds. The van der Waals surface area contributed by atoms with Gasteiger partial charge in [-0.3, -0.25) is 25.8 Å². The van der Waals surface area contributed by atoms with E-state index in [0.717, 1.165) is 10.0 Å².